The molecule has 2 aromatic rings. The van der Waals surface area contributed by atoms with Gasteiger partial charge in [-0.05, 0) is 43.2 Å². The van der Waals surface area contributed by atoms with Crippen molar-refractivity contribution in [3.8, 4) is 17.2 Å². The fourth-order valence-corrected chi connectivity index (χ4v) is 4.84. The summed E-state index contributed by atoms with van der Waals surface area (Å²) in [5.74, 6) is 0.900. The largest absolute Gasteiger partial charge is 0.496 e. The molecule has 1 N–H and O–H groups in total. The number of ether oxygens (including phenoxy) is 4. The van der Waals surface area contributed by atoms with Gasteiger partial charge in [-0.1, -0.05) is 13.8 Å². The molecular formula is C24H32N2O7S. The molecule has 1 amide bonds. The van der Waals surface area contributed by atoms with Gasteiger partial charge in [0.1, 0.15) is 5.75 Å². The average molecular weight is 493 g/mol. The number of carbonyl (C=O) groups is 1. The molecule has 0 saturated carbocycles. The van der Waals surface area contributed by atoms with Crippen LogP contribution in [0.25, 0.3) is 0 Å². The van der Waals surface area contributed by atoms with Crippen LogP contribution in [0.5, 0.6) is 17.2 Å². The zero-order valence-corrected chi connectivity index (χ0v) is 20.7. The maximum Gasteiger partial charge on any atom is 0.259 e. The fourth-order valence-electron chi connectivity index (χ4n) is 3.40. The highest BCUT2D eigenvalue weighted by Crippen LogP contribution is 2.32. The van der Waals surface area contributed by atoms with Crippen molar-refractivity contribution in [3.05, 3.63) is 42.0 Å². The minimum absolute atomic E-state index is 0.0237. The zero-order valence-electron chi connectivity index (χ0n) is 19.8. The van der Waals surface area contributed by atoms with Crippen molar-refractivity contribution in [1.29, 1.82) is 0 Å². The number of anilines is 1. The second-order valence-electron chi connectivity index (χ2n) is 7.69. The predicted molar refractivity (Wildman–Crippen MR) is 129 cm³/mol. The molecule has 0 aliphatic carbocycles. The van der Waals surface area contributed by atoms with Crippen LogP contribution in [0.1, 0.15) is 37.0 Å². The van der Waals surface area contributed by atoms with E-state index in [9.17, 15) is 13.2 Å². The molecule has 1 fully saturated rings. The maximum atomic E-state index is 13.1. The van der Waals surface area contributed by atoms with Crippen molar-refractivity contribution < 1.29 is 32.2 Å². The van der Waals surface area contributed by atoms with Gasteiger partial charge in [0.05, 0.1) is 44.0 Å². The summed E-state index contributed by atoms with van der Waals surface area (Å²) < 4.78 is 49.6. The van der Waals surface area contributed by atoms with E-state index in [2.05, 4.69) is 5.32 Å². The van der Waals surface area contributed by atoms with Crippen LogP contribution < -0.4 is 19.5 Å². The third-order valence-electron chi connectivity index (χ3n) is 5.15. The van der Waals surface area contributed by atoms with Gasteiger partial charge in [0.2, 0.25) is 10.0 Å². The van der Waals surface area contributed by atoms with Crippen LogP contribution in [0.3, 0.4) is 0 Å². The van der Waals surface area contributed by atoms with Crippen molar-refractivity contribution >= 4 is 21.6 Å². The van der Waals surface area contributed by atoms with Gasteiger partial charge >= 0.3 is 0 Å². The first-order valence-corrected chi connectivity index (χ1v) is 12.8. The molecule has 186 valence electrons. The predicted octanol–water partition coefficient (Wildman–Crippen LogP) is 3.55. The highest BCUT2D eigenvalue weighted by molar-refractivity contribution is 7.89. The third kappa shape index (κ3) is 6.19. The fraction of sp³-hybridized carbons (Fsp3) is 0.458. The van der Waals surface area contributed by atoms with Crippen LogP contribution in [0, 0.1) is 0 Å². The molecule has 1 saturated heterocycles. The number of nitrogens with zero attached hydrogens (tertiary/aromatic N) is 1. The van der Waals surface area contributed by atoms with Gasteiger partial charge < -0.3 is 24.3 Å². The van der Waals surface area contributed by atoms with E-state index in [-0.39, 0.29) is 29.3 Å². The molecule has 1 aliphatic rings. The van der Waals surface area contributed by atoms with E-state index in [4.69, 9.17) is 18.9 Å². The summed E-state index contributed by atoms with van der Waals surface area (Å²) in [6.45, 7) is 6.29. The number of sulfonamides is 1. The summed E-state index contributed by atoms with van der Waals surface area (Å²) in [6, 6.07) is 9.41. The first kappa shape index (κ1) is 25.8. The van der Waals surface area contributed by atoms with E-state index in [1.807, 2.05) is 13.8 Å². The van der Waals surface area contributed by atoms with Crippen LogP contribution in [0.4, 0.5) is 5.69 Å². The average Bonchev–Trinajstić information content (AvgIpc) is 2.86. The van der Waals surface area contributed by atoms with Crippen molar-refractivity contribution in [2.24, 2.45) is 0 Å². The lowest BCUT2D eigenvalue weighted by Crippen LogP contribution is -2.40. The molecular weight excluding hydrogens is 460 g/mol. The van der Waals surface area contributed by atoms with Gasteiger partial charge in [-0.15, -0.1) is 0 Å². The normalized spacial score (nSPS) is 14.4. The van der Waals surface area contributed by atoms with Crippen LogP contribution in [-0.4, -0.2) is 65.3 Å². The smallest absolute Gasteiger partial charge is 0.259 e. The number of rotatable bonds is 11. The summed E-state index contributed by atoms with van der Waals surface area (Å²) in [7, 11) is -2.34. The quantitative estimate of drug-likeness (QED) is 0.512. The highest BCUT2D eigenvalue weighted by atomic mass is 32.2. The minimum atomic E-state index is -3.77. The SMILES string of the molecule is CCCOc1ccc(NC(=O)c2cc(S(=O)(=O)N3CCOCC3)ccc2OC)cc1OCCC. The molecule has 3 rings (SSSR count). The molecule has 0 radical (unpaired) electrons. The summed E-state index contributed by atoms with van der Waals surface area (Å²) >= 11 is 0. The number of carbonyl (C=O) groups excluding carboxylic acids is 1. The summed E-state index contributed by atoms with van der Waals surface area (Å²) in [5.41, 5.74) is 0.600. The number of methoxy groups -OCH3 is 1. The lowest BCUT2D eigenvalue weighted by Gasteiger charge is -2.26. The number of nitrogens with one attached hydrogen (secondary N) is 1. The number of hydrogen-bond donors (Lipinski definition) is 1. The molecule has 10 heteroatoms. The molecule has 9 nitrogen and oxygen atoms in total. The minimum Gasteiger partial charge on any atom is -0.496 e. The van der Waals surface area contributed by atoms with Crippen molar-refractivity contribution in [1.82, 2.24) is 4.31 Å². The molecule has 0 aromatic heterocycles. The molecule has 1 heterocycles. The number of amides is 1. The molecule has 34 heavy (non-hydrogen) atoms. The van der Waals surface area contributed by atoms with Crippen LogP contribution in [0.15, 0.2) is 41.3 Å². The molecule has 0 bridgehead atoms. The number of benzene rings is 2. The van der Waals surface area contributed by atoms with Crippen molar-refractivity contribution in [2.75, 3.05) is 51.9 Å². The van der Waals surface area contributed by atoms with E-state index >= 15 is 0 Å². The second-order valence-corrected chi connectivity index (χ2v) is 9.63. The van der Waals surface area contributed by atoms with Gasteiger partial charge in [-0.25, -0.2) is 8.42 Å². The first-order chi connectivity index (χ1) is 16.4. The Kier molecular flexibility index (Phi) is 9.14. The van der Waals surface area contributed by atoms with Crippen LogP contribution in [0.2, 0.25) is 0 Å². The number of morpholine rings is 1. The summed E-state index contributed by atoms with van der Waals surface area (Å²) in [6.07, 6.45) is 1.68. The topological polar surface area (TPSA) is 103 Å². The Morgan fingerprint density at radius 2 is 1.62 bits per heavy atom. The monoisotopic (exact) mass is 492 g/mol. The Labute approximate surface area is 201 Å². The van der Waals surface area contributed by atoms with E-state index < -0.39 is 15.9 Å². The number of hydrogen-bond acceptors (Lipinski definition) is 7. The Morgan fingerprint density at radius 1 is 0.971 bits per heavy atom. The third-order valence-corrected chi connectivity index (χ3v) is 7.04. The molecule has 1 aliphatic heterocycles. The second kappa shape index (κ2) is 12.0. The summed E-state index contributed by atoms with van der Waals surface area (Å²) in [4.78, 5) is 13.2. The van der Waals surface area contributed by atoms with Gasteiger partial charge in [0, 0.05) is 24.8 Å². The Morgan fingerprint density at radius 3 is 2.26 bits per heavy atom. The Balaban J connectivity index is 1.86. The summed E-state index contributed by atoms with van der Waals surface area (Å²) in [5, 5.41) is 2.81. The molecule has 0 unspecified atom stereocenters. The standard InChI is InChI=1S/C24H32N2O7S/c1-4-12-32-22-8-6-18(16-23(22)33-13-5-2)25-24(27)20-17-19(7-9-21(20)30-3)34(28,29)26-10-14-31-15-11-26/h6-9,16-17H,4-5,10-15H2,1-3H3,(H,25,27). The molecule has 0 atom stereocenters. The van der Waals surface area contributed by atoms with Crippen molar-refractivity contribution in [3.63, 3.8) is 0 Å². The maximum absolute atomic E-state index is 13.1. The molecule has 2 aromatic carbocycles. The first-order valence-electron chi connectivity index (χ1n) is 11.4. The Bertz CT molecular complexity index is 1080. The lowest BCUT2D eigenvalue weighted by molar-refractivity contribution is 0.0730. The van der Waals surface area contributed by atoms with E-state index in [0.29, 0.717) is 43.6 Å². The van der Waals surface area contributed by atoms with Crippen molar-refractivity contribution in [2.45, 2.75) is 31.6 Å². The van der Waals surface area contributed by atoms with Gasteiger partial charge in [0.15, 0.2) is 11.5 Å². The van der Waals surface area contributed by atoms with Gasteiger partial charge in [-0.3, -0.25) is 4.79 Å². The Hall–Kier alpha value is -2.82. The lowest BCUT2D eigenvalue weighted by atomic mass is 10.1. The van der Waals surface area contributed by atoms with Crippen LogP contribution in [-0.2, 0) is 14.8 Å². The van der Waals surface area contributed by atoms with E-state index in [0.717, 1.165) is 12.8 Å². The molecule has 0 spiro atoms. The highest BCUT2D eigenvalue weighted by Gasteiger charge is 2.28. The van der Waals surface area contributed by atoms with E-state index in [1.54, 1.807) is 18.2 Å². The van der Waals surface area contributed by atoms with E-state index in [1.165, 1.54) is 29.6 Å². The zero-order chi connectivity index (χ0) is 24.6. The van der Waals surface area contributed by atoms with Gasteiger partial charge in [-0.2, -0.15) is 4.31 Å². The van der Waals surface area contributed by atoms with Crippen LogP contribution >= 0.6 is 0 Å². The van der Waals surface area contributed by atoms with Gasteiger partial charge in [0.25, 0.3) is 5.91 Å².